The smallest absolute Gasteiger partial charge is 0.0813 e. The van der Waals surface area contributed by atoms with Crippen molar-refractivity contribution in [1.29, 1.82) is 0 Å². The molecule has 0 aromatic rings. The summed E-state index contributed by atoms with van der Waals surface area (Å²) < 4.78 is 6.41. The van der Waals surface area contributed by atoms with Crippen LogP contribution in [-0.4, -0.2) is 23.4 Å². The first kappa shape index (κ1) is 13.6. The lowest BCUT2D eigenvalue weighted by Crippen LogP contribution is -2.41. The van der Waals surface area contributed by atoms with Crippen LogP contribution in [0.3, 0.4) is 0 Å². The SMILES string of the molecule is O[C@H]1C[C@@H](C2CCCCC2)O[C@@H](C2=CCCCC2)C1. The summed E-state index contributed by atoms with van der Waals surface area (Å²) in [6.07, 6.45) is 16.2. The lowest BCUT2D eigenvalue weighted by molar-refractivity contribution is -0.109. The van der Waals surface area contributed by atoms with Gasteiger partial charge >= 0.3 is 0 Å². The summed E-state index contributed by atoms with van der Waals surface area (Å²) in [4.78, 5) is 0. The van der Waals surface area contributed by atoms with Crippen LogP contribution in [0.25, 0.3) is 0 Å². The molecule has 0 unspecified atom stereocenters. The van der Waals surface area contributed by atoms with Gasteiger partial charge in [0.15, 0.2) is 0 Å². The Morgan fingerprint density at radius 2 is 1.84 bits per heavy atom. The molecule has 0 amide bonds. The minimum absolute atomic E-state index is 0.145. The topological polar surface area (TPSA) is 29.5 Å². The Morgan fingerprint density at radius 1 is 1.00 bits per heavy atom. The van der Waals surface area contributed by atoms with Gasteiger partial charge in [-0.2, -0.15) is 0 Å². The summed E-state index contributed by atoms with van der Waals surface area (Å²) in [6.45, 7) is 0. The van der Waals surface area contributed by atoms with Crippen LogP contribution in [0, 0.1) is 5.92 Å². The number of ether oxygens (including phenoxy) is 1. The molecule has 1 saturated heterocycles. The first-order chi connectivity index (χ1) is 9.33. The van der Waals surface area contributed by atoms with Crippen molar-refractivity contribution in [2.75, 3.05) is 0 Å². The van der Waals surface area contributed by atoms with Crippen molar-refractivity contribution in [3.63, 3.8) is 0 Å². The van der Waals surface area contributed by atoms with E-state index in [0.29, 0.717) is 12.0 Å². The average Bonchev–Trinajstić information content (AvgIpc) is 2.48. The number of aliphatic hydroxyl groups excluding tert-OH is 1. The number of rotatable bonds is 2. The maximum absolute atomic E-state index is 10.2. The van der Waals surface area contributed by atoms with Gasteiger partial charge in [0.25, 0.3) is 0 Å². The molecule has 3 atom stereocenters. The highest BCUT2D eigenvalue weighted by Crippen LogP contribution is 2.37. The number of aliphatic hydroxyl groups is 1. The third-order valence-corrected chi connectivity index (χ3v) is 5.24. The fourth-order valence-corrected chi connectivity index (χ4v) is 4.14. The zero-order chi connectivity index (χ0) is 13.1. The zero-order valence-electron chi connectivity index (χ0n) is 12.0. The molecule has 0 aromatic carbocycles. The van der Waals surface area contributed by atoms with Gasteiger partial charge < -0.3 is 9.84 Å². The minimum Gasteiger partial charge on any atom is -0.393 e. The van der Waals surface area contributed by atoms with Crippen molar-refractivity contribution in [3.05, 3.63) is 11.6 Å². The normalized spacial score (nSPS) is 37.9. The molecule has 0 aromatic heterocycles. The maximum atomic E-state index is 10.2. The molecule has 2 aliphatic carbocycles. The highest BCUT2D eigenvalue weighted by molar-refractivity contribution is 5.12. The van der Waals surface area contributed by atoms with E-state index in [1.807, 2.05) is 0 Å². The van der Waals surface area contributed by atoms with Gasteiger partial charge in [0.05, 0.1) is 18.3 Å². The van der Waals surface area contributed by atoms with E-state index in [1.54, 1.807) is 0 Å². The van der Waals surface area contributed by atoms with Gasteiger partial charge in [-0.15, -0.1) is 0 Å². The Kier molecular flexibility index (Phi) is 4.60. The third-order valence-electron chi connectivity index (χ3n) is 5.24. The Hall–Kier alpha value is -0.340. The van der Waals surface area contributed by atoms with Gasteiger partial charge in [-0.05, 0) is 56.4 Å². The van der Waals surface area contributed by atoms with E-state index in [0.717, 1.165) is 12.8 Å². The molecule has 0 spiro atoms. The van der Waals surface area contributed by atoms with Crippen molar-refractivity contribution < 1.29 is 9.84 Å². The van der Waals surface area contributed by atoms with Gasteiger partial charge in [-0.25, -0.2) is 0 Å². The molecule has 3 aliphatic rings. The van der Waals surface area contributed by atoms with Crippen LogP contribution >= 0.6 is 0 Å². The maximum Gasteiger partial charge on any atom is 0.0813 e. The lowest BCUT2D eigenvalue weighted by Gasteiger charge is -2.40. The Labute approximate surface area is 117 Å². The van der Waals surface area contributed by atoms with Crippen LogP contribution < -0.4 is 0 Å². The van der Waals surface area contributed by atoms with E-state index in [2.05, 4.69) is 6.08 Å². The third kappa shape index (κ3) is 3.41. The van der Waals surface area contributed by atoms with Crippen LogP contribution in [-0.2, 0) is 4.74 Å². The number of hydrogen-bond acceptors (Lipinski definition) is 2. The fourth-order valence-electron chi connectivity index (χ4n) is 4.14. The van der Waals surface area contributed by atoms with Crippen LogP contribution in [0.2, 0.25) is 0 Å². The van der Waals surface area contributed by atoms with Crippen molar-refractivity contribution in [1.82, 2.24) is 0 Å². The second kappa shape index (κ2) is 6.41. The second-order valence-electron chi connectivity index (χ2n) is 6.71. The summed E-state index contributed by atoms with van der Waals surface area (Å²) in [5.41, 5.74) is 1.48. The Bertz CT molecular complexity index is 317. The molecule has 2 nitrogen and oxygen atoms in total. The average molecular weight is 264 g/mol. The minimum atomic E-state index is -0.145. The van der Waals surface area contributed by atoms with Gasteiger partial charge in [0.2, 0.25) is 0 Å². The Morgan fingerprint density at radius 3 is 2.58 bits per heavy atom. The van der Waals surface area contributed by atoms with Crippen molar-refractivity contribution >= 4 is 0 Å². The molecule has 3 rings (SSSR count). The van der Waals surface area contributed by atoms with Crippen molar-refractivity contribution in [2.24, 2.45) is 5.92 Å². The summed E-state index contributed by atoms with van der Waals surface area (Å²) in [5, 5.41) is 10.2. The van der Waals surface area contributed by atoms with Crippen LogP contribution in [0.5, 0.6) is 0 Å². The molecular weight excluding hydrogens is 236 g/mol. The predicted molar refractivity (Wildman–Crippen MR) is 77.0 cm³/mol. The molecule has 0 radical (unpaired) electrons. The van der Waals surface area contributed by atoms with Gasteiger partial charge in [-0.3, -0.25) is 0 Å². The predicted octanol–water partition coefficient (Wildman–Crippen LogP) is 3.98. The first-order valence-electron chi connectivity index (χ1n) is 8.35. The standard InChI is InChI=1S/C17H28O2/c18-15-11-16(13-7-3-1-4-8-13)19-17(12-15)14-9-5-2-6-10-14/h7,14-18H,1-6,8-12H2/t15-,16-,17+/m1/s1. The summed E-state index contributed by atoms with van der Waals surface area (Å²) in [5.74, 6) is 0.704. The molecule has 2 heteroatoms. The summed E-state index contributed by atoms with van der Waals surface area (Å²) in [6, 6.07) is 0. The van der Waals surface area contributed by atoms with Crippen LogP contribution in [0.4, 0.5) is 0 Å². The number of allylic oxidation sites excluding steroid dienone is 1. The zero-order valence-corrected chi connectivity index (χ0v) is 12.0. The van der Waals surface area contributed by atoms with Gasteiger partial charge in [-0.1, -0.05) is 25.3 Å². The highest BCUT2D eigenvalue weighted by Gasteiger charge is 2.35. The molecule has 0 bridgehead atoms. The molecular formula is C17H28O2. The van der Waals surface area contributed by atoms with Gasteiger partial charge in [0.1, 0.15) is 0 Å². The monoisotopic (exact) mass is 264 g/mol. The Balaban J connectivity index is 1.64. The molecule has 1 saturated carbocycles. The molecule has 2 fully saturated rings. The van der Waals surface area contributed by atoms with Gasteiger partial charge in [0, 0.05) is 6.42 Å². The molecule has 1 N–H and O–H groups in total. The van der Waals surface area contributed by atoms with E-state index < -0.39 is 0 Å². The molecule has 19 heavy (non-hydrogen) atoms. The molecule has 108 valence electrons. The number of hydrogen-bond donors (Lipinski definition) is 1. The van der Waals surface area contributed by atoms with E-state index in [9.17, 15) is 5.11 Å². The van der Waals surface area contributed by atoms with Crippen LogP contribution in [0.15, 0.2) is 11.6 Å². The van der Waals surface area contributed by atoms with Crippen molar-refractivity contribution in [2.45, 2.75) is 88.9 Å². The van der Waals surface area contributed by atoms with Crippen molar-refractivity contribution in [3.8, 4) is 0 Å². The first-order valence-corrected chi connectivity index (χ1v) is 8.35. The van der Waals surface area contributed by atoms with E-state index >= 15 is 0 Å². The second-order valence-corrected chi connectivity index (χ2v) is 6.71. The van der Waals surface area contributed by atoms with Crippen LogP contribution in [0.1, 0.15) is 70.6 Å². The summed E-state index contributed by atoms with van der Waals surface area (Å²) >= 11 is 0. The van der Waals surface area contributed by atoms with E-state index in [1.165, 1.54) is 63.4 Å². The largest absolute Gasteiger partial charge is 0.393 e. The molecule has 1 aliphatic heterocycles. The summed E-state index contributed by atoms with van der Waals surface area (Å²) in [7, 11) is 0. The molecule has 1 heterocycles. The highest BCUT2D eigenvalue weighted by atomic mass is 16.5. The van der Waals surface area contributed by atoms with E-state index in [-0.39, 0.29) is 12.2 Å². The fraction of sp³-hybridized carbons (Fsp3) is 0.882. The lowest BCUT2D eigenvalue weighted by atomic mass is 9.80. The van der Waals surface area contributed by atoms with E-state index in [4.69, 9.17) is 4.74 Å². The quantitative estimate of drug-likeness (QED) is 0.765.